The first-order chi connectivity index (χ1) is 16.4. The number of methoxy groups -OCH3 is 1. The Labute approximate surface area is 204 Å². The third kappa shape index (κ3) is 7.09. The second-order valence-corrected chi connectivity index (χ2v) is 9.62. The topological polar surface area (TPSA) is 104 Å². The molecule has 2 aromatic carbocycles. The highest BCUT2D eigenvalue weighted by Crippen LogP contribution is 2.31. The van der Waals surface area contributed by atoms with Crippen molar-refractivity contribution < 1.29 is 28.2 Å². The zero-order valence-electron chi connectivity index (χ0n) is 20.8. The lowest BCUT2D eigenvalue weighted by molar-refractivity contribution is -0.137. The molecule has 8 nitrogen and oxygen atoms in total. The van der Waals surface area contributed by atoms with Gasteiger partial charge >= 0.3 is 17.7 Å². The average molecular weight is 482 g/mol. The van der Waals surface area contributed by atoms with Gasteiger partial charge in [-0.05, 0) is 68.5 Å². The molecule has 1 aromatic heterocycles. The van der Waals surface area contributed by atoms with Crippen molar-refractivity contribution in [3.8, 4) is 22.6 Å². The van der Waals surface area contributed by atoms with Crippen molar-refractivity contribution >= 4 is 23.0 Å². The molecule has 1 atom stereocenters. The third-order valence-corrected chi connectivity index (χ3v) is 5.02. The maximum atomic E-state index is 12.9. The van der Waals surface area contributed by atoms with Crippen LogP contribution in [0.3, 0.4) is 0 Å². The van der Waals surface area contributed by atoms with Crippen LogP contribution in [0.15, 0.2) is 57.7 Å². The number of ether oxygens (including phenoxy) is 3. The lowest BCUT2D eigenvalue weighted by Gasteiger charge is -2.23. The number of fused-ring (bicyclic) bond motifs is 1. The highest BCUT2D eigenvalue weighted by atomic mass is 16.6. The smallest absolute Gasteiger partial charge is 0.408 e. The zero-order valence-corrected chi connectivity index (χ0v) is 20.8. The summed E-state index contributed by atoms with van der Waals surface area (Å²) in [6.07, 6.45) is -0.337. The van der Waals surface area contributed by atoms with Gasteiger partial charge in [-0.2, -0.15) is 0 Å². The van der Waals surface area contributed by atoms with Gasteiger partial charge in [0.05, 0.1) is 7.11 Å². The molecule has 0 aliphatic heterocycles. The van der Waals surface area contributed by atoms with E-state index < -0.39 is 29.3 Å². The fourth-order valence-corrected chi connectivity index (χ4v) is 3.54. The van der Waals surface area contributed by atoms with E-state index >= 15 is 0 Å². The van der Waals surface area contributed by atoms with Crippen LogP contribution in [-0.2, 0) is 9.53 Å². The second-order valence-electron chi connectivity index (χ2n) is 9.62. The van der Waals surface area contributed by atoms with E-state index in [1.165, 1.54) is 12.1 Å². The van der Waals surface area contributed by atoms with E-state index in [2.05, 4.69) is 5.32 Å². The van der Waals surface area contributed by atoms with Crippen molar-refractivity contribution in [1.82, 2.24) is 5.32 Å². The van der Waals surface area contributed by atoms with Crippen LogP contribution in [0, 0.1) is 5.92 Å². The number of carbonyl (C=O) groups is 2. The van der Waals surface area contributed by atoms with E-state index in [1.807, 2.05) is 26.0 Å². The molecule has 0 saturated carbocycles. The fraction of sp³-hybridized carbons (Fsp3) is 0.370. The molecule has 0 aliphatic rings. The van der Waals surface area contributed by atoms with E-state index in [1.54, 1.807) is 52.1 Å². The number of rotatable bonds is 7. The number of alkyl carbamates (subject to hydrolysis) is 1. The molecule has 0 saturated heterocycles. The van der Waals surface area contributed by atoms with Crippen LogP contribution >= 0.6 is 0 Å². The number of hydrogen-bond donors (Lipinski definition) is 1. The second kappa shape index (κ2) is 10.6. The number of esters is 1. The third-order valence-electron chi connectivity index (χ3n) is 5.02. The molecule has 1 amide bonds. The minimum atomic E-state index is -0.904. The highest BCUT2D eigenvalue weighted by Gasteiger charge is 2.27. The quantitative estimate of drug-likeness (QED) is 0.277. The van der Waals surface area contributed by atoms with Crippen LogP contribution < -0.4 is 20.4 Å². The first kappa shape index (κ1) is 25.8. The minimum Gasteiger partial charge on any atom is -0.497 e. The first-order valence-electron chi connectivity index (χ1n) is 11.4. The van der Waals surface area contributed by atoms with Crippen molar-refractivity contribution in [2.24, 2.45) is 5.92 Å². The lowest BCUT2D eigenvalue weighted by Crippen LogP contribution is -2.45. The van der Waals surface area contributed by atoms with E-state index in [4.69, 9.17) is 18.6 Å². The molecule has 3 rings (SSSR count). The molecule has 1 heterocycles. The maximum absolute atomic E-state index is 12.9. The number of nitrogens with one attached hydrogen (secondary N) is 1. The summed E-state index contributed by atoms with van der Waals surface area (Å²) < 4.78 is 21.4. The number of benzene rings is 2. The molecule has 35 heavy (non-hydrogen) atoms. The molecule has 0 spiro atoms. The van der Waals surface area contributed by atoms with Gasteiger partial charge < -0.3 is 23.9 Å². The molecule has 186 valence electrons. The fourth-order valence-electron chi connectivity index (χ4n) is 3.54. The van der Waals surface area contributed by atoms with Crippen molar-refractivity contribution in [2.75, 3.05) is 7.11 Å². The van der Waals surface area contributed by atoms with E-state index in [9.17, 15) is 14.4 Å². The van der Waals surface area contributed by atoms with Gasteiger partial charge in [0.1, 0.15) is 28.7 Å². The Morgan fingerprint density at radius 1 is 1.00 bits per heavy atom. The van der Waals surface area contributed by atoms with Crippen LogP contribution in [0.25, 0.3) is 22.1 Å². The summed E-state index contributed by atoms with van der Waals surface area (Å²) in [7, 11) is 1.58. The summed E-state index contributed by atoms with van der Waals surface area (Å²) in [6.45, 7) is 9.09. The van der Waals surface area contributed by atoms with Gasteiger partial charge in [-0.3, -0.25) is 0 Å². The van der Waals surface area contributed by atoms with E-state index in [0.717, 1.165) is 5.56 Å². The summed E-state index contributed by atoms with van der Waals surface area (Å²) in [5.74, 6) is 0.366. The van der Waals surface area contributed by atoms with Gasteiger partial charge in [0, 0.05) is 17.5 Å². The summed E-state index contributed by atoms with van der Waals surface area (Å²) in [4.78, 5) is 37.4. The monoisotopic (exact) mass is 481 g/mol. The Kier molecular flexibility index (Phi) is 7.84. The summed E-state index contributed by atoms with van der Waals surface area (Å²) in [5.41, 5.74) is 0.534. The zero-order chi connectivity index (χ0) is 25.8. The molecule has 0 radical (unpaired) electrons. The standard InChI is InChI=1S/C27H31NO7/c1-16(2)13-22(28-26(31)35-27(3,4)5)25(30)33-19-11-12-20-21(15-24(29)34-23(20)14-19)17-7-9-18(32-6)10-8-17/h7-12,14-16,22H,13H2,1-6H3,(H,28,31)/t22-/m0/s1. The first-order valence-corrected chi connectivity index (χ1v) is 11.4. The Morgan fingerprint density at radius 2 is 1.66 bits per heavy atom. The van der Waals surface area contributed by atoms with Crippen molar-refractivity contribution in [3.05, 3.63) is 59.0 Å². The highest BCUT2D eigenvalue weighted by molar-refractivity contribution is 5.94. The van der Waals surface area contributed by atoms with Crippen molar-refractivity contribution in [2.45, 2.75) is 52.7 Å². The summed E-state index contributed by atoms with van der Waals surface area (Å²) in [5, 5.41) is 3.27. The van der Waals surface area contributed by atoms with Crippen molar-refractivity contribution in [1.29, 1.82) is 0 Å². The molecule has 3 aromatic rings. The molecular formula is C27H31NO7. The maximum Gasteiger partial charge on any atom is 0.408 e. The molecule has 0 bridgehead atoms. The van der Waals surface area contributed by atoms with Gasteiger partial charge in [0.25, 0.3) is 0 Å². The van der Waals surface area contributed by atoms with Crippen molar-refractivity contribution in [3.63, 3.8) is 0 Å². The Hall–Kier alpha value is -3.81. The number of amides is 1. The molecule has 0 aliphatic carbocycles. The number of hydrogen-bond acceptors (Lipinski definition) is 7. The van der Waals surface area contributed by atoms with Gasteiger partial charge in [-0.15, -0.1) is 0 Å². The van der Waals surface area contributed by atoms with Crippen LogP contribution in [0.5, 0.6) is 11.5 Å². The van der Waals surface area contributed by atoms with Gasteiger partial charge in [-0.1, -0.05) is 26.0 Å². The predicted molar refractivity (Wildman–Crippen MR) is 133 cm³/mol. The Bertz CT molecular complexity index is 1250. The van der Waals surface area contributed by atoms with Crippen LogP contribution in [-0.4, -0.2) is 30.8 Å². The predicted octanol–water partition coefficient (Wildman–Crippen LogP) is 5.31. The van der Waals surface area contributed by atoms with E-state index in [-0.39, 0.29) is 17.3 Å². The Balaban J connectivity index is 1.86. The van der Waals surface area contributed by atoms with Crippen LogP contribution in [0.1, 0.15) is 41.0 Å². The largest absolute Gasteiger partial charge is 0.497 e. The molecule has 8 heteroatoms. The molecular weight excluding hydrogens is 450 g/mol. The molecule has 0 fully saturated rings. The SMILES string of the molecule is COc1ccc(-c2cc(=O)oc3cc(OC(=O)[C@H](CC(C)C)NC(=O)OC(C)(C)C)ccc23)cc1. The molecule has 1 N–H and O–H groups in total. The van der Waals surface area contributed by atoms with Gasteiger partial charge in [0.15, 0.2) is 0 Å². The minimum absolute atomic E-state index is 0.115. The normalized spacial score (nSPS) is 12.3. The summed E-state index contributed by atoms with van der Waals surface area (Å²) in [6, 6.07) is 12.6. The van der Waals surface area contributed by atoms with Gasteiger partial charge in [-0.25, -0.2) is 14.4 Å². The number of carbonyl (C=O) groups excluding carboxylic acids is 2. The van der Waals surface area contributed by atoms with Crippen LogP contribution in [0.2, 0.25) is 0 Å². The average Bonchev–Trinajstić information content (AvgIpc) is 2.76. The lowest BCUT2D eigenvalue weighted by atomic mass is 10.0. The van der Waals surface area contributed by atoms with E-state index in [0.29, 0.717) is 23.1 Å². The Morgan fingerprint density at radius 3 is 2.26 bits per heavy atom. The molecule has 0 unspecified atom stereocenters. The van der Waals surface area contributed by atoms with Crippen LogP contribution in [0.4, 0.5) is 4.79 Å². The summed E-state index contributed by atoms with van der Waals surface area (Å²) >= 11 is 0. The van der Waals surface area contributed by atoms with Gasteiger partial charge in [0.2, 0.25) is 0 Å².